The summed E-state index contributed by atoms with van der Waals surface area (Å²) in [5, 5.41) is 26.2. The van der Waals surface area contributed by atoms with E-state index in [1.165, 1.54) is 20.8 Å². The third-order valence-corrected chi connectivity index (χ3v) is 18.7. The van der Waals surface area contributed by atoms with Gasteiger partial charge in [-0.2, -0.15) is 0 Å². The first-order valence-corrected chi connectivity index (χ1v) is 28.4. The molecule has 0 rings (SSSR count). The van der Waals surface area contributed by atoms with Crippen molar-refractivity contribution < 1.29 is 145 Å². The molecule has 0 aliphatic rings. The first-order valence-electron chi connectivity index (χ1n) is 22.6. The van der Waals surface area contributed by atoms with Crippen LogP contribution in [0.2, 0.25) is 18.1 Å². The fourth-order valence-electron chi connectivity index (χ4n) is 6.58. The number of aliphatic carboxylic acids is 3. The summed E-state index contributed by atoms with van der Waals surface area (Å²) in [6.07, 6.45) is 1.74. The van der Waals surface area contributed by atoms with Crippen molar-refractivity contribution in [1.82, 2.24) is 0 Å². The van der Waals surface area contributed by atoms with Crippen molar-refractivity contribution in [2.45, 2.75) is 140 Å². The van der Waals surface area contributed by atoms with Crippen molar-refractivity contribution >= 4 is 79.0 Å². The van der Waals surface area contributed by atoms with Gasteiger partial charge in [0.15, 0.2) is 0 Å². The molecule has 25 heteroatoms. The molecule has 0 aliphatic carbocycles. The third kappa shape index (κ3) is 29.9. The number of Topliss-reactive ketones (excluding diaryl/α,β-unsaturated/α-hetero) is 6. The molecular formula is C42H78O21Si3Yb. The maximum absolute atomic E-state index is 11.5. The minimum absolute atomic E-state index is 0. The molecule has 0 bridgehead atoms. The summed E-state index contributed by atoms with van der Waals surface area (Å²) in [6.45, 7) is 24.2. The second-order valence-electron chi connectivity index (χ2n) is 14.1. The fraction of sp³-hybridized carbons (Fsp3) is 0.786. The zero-order valence-electron chi connectivity index (χ0n) is 41.4. The minimum Gasteiger partial charge on any atom is -0.475 e. The van der Waals surface area contributed by atoms with Gasteiger partial charge in [0, 0.05) is 125 Å². The Balaban J connectivity index is -0.000000441. The molecule has 0 amide bonds. The van der Waals surface area contributed by atoms with Gasteiger partial charge in [-0.3, -0.25) is 28.8 Å². The van der Waals surface area contributed by atoms with Crippen LogP contribution in [0.1, 0.15) is 122 Å². The molecule has 3 atom stereocenters. The summed E-state index contributed by atoms with van der Waals surface area (Å²) in [6, 6.07) is 1.33. The van der Waals surface area contributed by atoms with E-state index in [9.17, 15) is 43.2 Å². The quantitative estimate of drug-likeness (QED) is 0.0413. The predicted molar refractivity (Wildman–Crippen MR) is 244 cm³/mol. The first-order chi connectivity index (χ1) is 31.0. The second-order valence-corrected chi connectivity index (χ2v) is 22.3. The summed E-state index contributed by atoms with van der Waals surface area (Å²) in [7, 11) is -8.49. The Labute approximate surface area is 438 Å². The zero-order valence-corrected chi connectivity index (χ0v) is 46.1. The summed E-state index contributed by atoms with van der Waals surface area (Å²) in [4.78, 5) is 101. The van der Waals surface area contributed by atoms with Crippen LogP contribution in [0.5, 0.6) is 0 Å². The molecule has 67 heavy (non-hydrogen) atoms. The molecule has 0 spiro atoms. The summed E-state index contributed by atoms with van der Waals surface area (Å²) < 4.78 is 51.0. The molecule has 0 aromatic rings. The number of hydrogen-bond acceptors (Lipinski definition) is 18. The van der Waals surface area contributed by atoms with E-state index in [-0.39, 0.29) is 66.2 Å². The number of carbonyl (C=O) groups is 9. The molecule has 0 radical (unpaired) electrons. The van der Waals surface area contributed by atoms with Crippen LogP contribution in [0.25, 0.3) is 0 Å². The molecule has 0 aromatic carbocycles. The van der Waals surface area contributed by atoms with Gasteiger partial charge < -0.3 is 55.2 Å². The van der Waals surface area contributed by atoms with E-state index in [1.54, 1.807) is 0 Å². The molecule has 0 heterocycles. The number of carboxylic acids is 3. The van der Waals surface area contributed by atoms with Crippen LogP contribution in [0, 0.1) is 64.7 Å². The van der Waals surface area contributed by atoms with Gasteiger partial charge in [-0.15, -0.1) is 0 Å². The van der Waals surface area contributed by atoms with Gasteiger partial charge in [-0.1, -0.05) is 0 Å². The number of ketones is 6. The number of rotatable bonds is 39. The number of carbonyl (C=O) groups excluding carboxylic acids is 6. The van der Waals surface area contributed by atoms with Crippen LogP contribution < -0.4 is 0 Å². The minimum atomic E-state index is -2.83. The average Bonchev–Trinajstić information content (AvgIpc) is 3.23. The molecule has 0 aliphatic heterocycles. The monoisotopic (exact) mass is 1180 g/mol. The molecule has 0 aromatic heterocycles. The molecule has 3 N–H and O–H groups in total. The van der Waals surface area contributed by atoms with Crippen LogP contribution in [0.3, 0.4) is 0 Å². The Morgan fingerprint density at radius 1 is 0.343 bits per heavy atom. The molecule has 0 saturated heterocycles. The zero-order chi connectivity index (χ0) is 51.5. The van der Waals surface area contributed by atoms with Gasteiger partial charge >= 0.3 is 44.3 Å². The molecule has 398 valence electrons. The van der Waals surface area contributed by atoms with Crippen LogP contribution in [0.4, 0.5) is 0 Å². The maximum atomic E-state index is 11.5. The van der Waals surface area contributed by atoms with Crippen molar-refractivity contribution in [2.24, 2.45) is 17.8 Å². The fourth-order valence-corrected chi connectivity index (χ4v) is 14.5. The van der Waals surface area contributed by atoms with Crippen molar-refractivity contribution in [3.05, 3.63) is 0 Å². The molecule has 0 saturated carbocycles. The average molecular weight is 1180 g/mol. The summed E-state index contributed by atoms with van der Waals surface area (Å²) in [5.41, 5.74) is 0. The van der Waals surface area contributed by atoms with Crippen molar-refractivity contribution in [2.75, 3.05) is 59.5 Å². The van der Waals surface area contributed by atoms with Crippen LogP contribution >= 0.6 is 0 Å². The smallest absolute Gasteiger partial charge is 0.475 e. The first kappa shape index (κ1) is 71.8. The predicted octanol–water partition coefficient (Wildman–Crippen LogP) is 5.02. The van der Waals surface area contributed by atoms with Crippen LogP contribution in [-0.4, -0.2) is 154 Å². The Morgan fingerprint density at radius 2 is 0.493 bits per heavy atom. The van der Waals surface area contributed by atoms with Gasteiger partial charge in [-0.25, -0.2) is 14.4 Å². The molecular weight excluding hydrogens is 1100 g/mol. The van der Waals surface area contributed by atoms with E-state index in [0.29, 0.717) is 96.9 Å². The summed E-state index contributed by atoms with van der Waals surface area (Å²) in [5.74, 6) is -12.6. The van der Waals surface area contributed by atoms with E-state index in [1.807, 2.05) is 62.3 Å². The third-order valence-electron chi connectivity index (χ3n) is 9.26. The van der Waals surface area contributed by atoms with Gasteiger partial charge in [0.25, 0.3) is 0 Å². The SMILES string of the molecule is CCO[Si](CCCC(C(C)=O)C(=O)C(=O)O)(OCC)OCC.CCO[Si](CCCC(C(C)=O)C(=O)C(=O)O)(OCC)OCC.CCO[Si](CCCC(C(C)=O)C(=O)C(=O)O)(OCC)OCC.[Yb]. The van der Waals surface area contributed by atoms with Gasteiger partial charge in [0.2, 0.25) is 17.3 Å². The largest absolute Gasteiger partial charge is 0.500 e. The molecule has 21 nitrogen and oxygen atoms in total. The van der Waals surface area contributed by atoms with E-state index in [0.717, 1.165) is 0 Å². The van der Waals surface area contributed by atoms with Crippen molar-refractivity contribution in [1.29, 1.82) is 0 Å². The van der Waals surface area contributed by atoms with E-state index >= 15 is 0 Å². The van der Waals surface area contributed by atoms with E-state index in [4.69, 9.17) is 55.2 Å². The Bertz CT molecular complexity index is 1280. The normalized spacial score (nSPS) is 12.7. The number of carboxylic acid groups (broad SMARTS) is 3. The van der Waals surface area contributed by atoms with Gasteiger partial charge in [0.05, 0.1) is 17.8 Å². The van der Waals surface area contributed by atoms with Gasteiger partial charge in [0.1, 0.15) is 17.3 Å². The Hall–Kier alpha value is -1.76. The summed E-state index contributed by atoms with van der Waals surface area (Å²) >= 11 is 0. The van der Waals surface area contributed by atoms with Crippen LogP contribution in [0.15, 0.2) is 0 Å². The van der Waals surface area contributed by atoms with Gasteiger partial charge in [-0.05, 0) is 122 Å². The maximum Gasteiger partial charge on any atom is 0.500 e. The topological polar surface area (TPSA) is 297 Å². The molecule has 3 unspecified atom stereocenters. The molecule has 0 fully saturated rings. The standard InChI is InChI=1S/3C14H26O7Si.Yb/c3*1-5-19-22(20-6-2,21-7-3)10-8-9-12(11(4)15)13(16)14(17)18;/h3*12H,5-10H2,1-4H3,(H,17,18);. The Morgan fingerprint density at radius 3 is 0.597 bits per heavy atom. The number of hydrogen-bond donors (Lipinski definition) is 3. The van der Waals surface area contributed by atoms with Crippen molar-refractivity contribution in [3.63, 3.8) is 0 Å². The van der Waals surface area contributed by atoms with Crippen molar-refractivity contribution in [3.8, 4) is 0 Å². The van der Waals surface area contributed by atoms with E-state index in [2.05, 4.69) is 0 Å². The van der Waals surface area contributed by atoms with E-state index < -0.39 is 96.8 Å². The second kappa shape index (κ2) is 40.9. The Kier molecular flexibility index (Phi) is 43.8. The van der Waals surface area contributed by atoms with Crippen LogP contribution in [-0.2, 0) is 83.0 Å².